The van der Waals surface area contributed by atoms with Crippen LogP contribution in [0.1, 0.15) is 48.3 Å². The summed E-state index contributed by atoms with van der Waals surface area (Å²) in [4.78, 5) is 37.7. The zero-order chi connectivity index (χ0) is 25.2. The lowest BCUT2D eigenvalue weighted by Gasteiger charge is -2.38. The molecule has 1 fully saturated rings. The van der Waals surface area contributed by atoms with Gasteiger partial charge in [0.2, 0.25) is 5.91 Å². The Labute approximate surface area is 210 Å². The number of pyridine rings is 1. The Morgan fingerprint density at radius 1 is 1.19 bits per heavy atom. The minimum absolute atomic E-state index is 0.0707. The number of amides is 1. The molecule has 1 amide bonds. The Morgan fingerprint density at radius 3 is 2.64 bits per heavy atom. The lowest BCUT2D eigenvalue weighted by Crippen LogP contribution is -2.46. The monoisotopic (exact) mass is 485 g/mol. The van der Waals surface area contributed by atoms with Crippen molar-refractivity contribution in [2.75, 3.05) is 6.61 Å². The van der Waals surface area contributed by atoms with Gasteiger partial charge in [-0.05, 0) is 31.5 Å². The molecular formula is C28H31N5O3. The number of benzene rings is 1. The van der Waals surface area contributed by atoms with Crippen LogP contribution < -0.4 is 10.9 Å². The number of aromatic nitrogens is 3. The average Bonchev–Trinajstić information content (AvgIpc) is 3.10. The summed E-state index contributed by atoms with van der Waals surface area (Å²) in [5, 5.41) is 13.7. The van der Waals surface area contributed by atoms with Crippen LogP contribution in [-0.2, 0) is 17.9 Å². The third kappa shape index (κ3) is 4.27. The minimum atomic E-state index is -0.517. The molecule has 0 unspecified atom stereocenters. The fourth-order valence-electron chi connectivity index (χ4n) is 5.82. The Kier molecular flexibility index (Phi) is 6.80. The molecule has 4 heterocycles. The normalized spacial score (nSPS) is 24.0. The van der Waals surface area contributed by atoms with E-state index in [0.29, 0.717) is 18.7 Å². The lowest BCUT2D eigenvalue weighted by molar-refractivity contribution is -0.128. The van der Waals surface area contributed by atoms with Gasteiger partial charge in [-0.15, -0.1) is 0 Å². The molecule has 0 aliphatic carbocycles. The molecule has 5 rings (SSSR count). The number of rotatable bonds is 7. The molecule has 2 aliphatic heterocycles. The van der Waals surface area contributed by atoms with Gasteiger partial charge in [0, 0.05) is 60.9 Å². The van der Waals surface area contributed by atoms with Gasteiger partial charge in [0.05, 0.1) is 18.0 Å². The summed E-state index contributed by atoms with van der Waals surface area (Å²) < 4.78 is 1.79. The molecule has 1 aromatic carbocycles. The summed E-state index contributed by atoms with van der Waals surface area (Å²) in [5.74, 6) is -0.964. The van der Waals surface area contributed by atoms with E-state index in [2.05, 4.69) is 20.2 Å². The molecule has 8 heteroatoms. The van der Waals surface area contributed by atoms with E-state index in [1.165, 1.54) is 6.33 Å². The first kappa shape index (κ1) is 24.1. The van der Waals surface area contributed by atoms with Gasteiger partial charge in [0.25, 0.3) is 5.56 Å². The van der Waals surface area contributed by atoms with Gasteiger partial charge in [0.1, 0.15) is 6.33 Å². The van der Waals surface area contributed by atoms with Crippen molar-refractivity contribution < 1.29 is 9.90 Å². The molecular weight excluding hydrogens is 454 g/mol. The summed E-state index contributed by atoms with van der Waals surface area (Å²) >= 11 is 0. The molecule has 2 aromatic heterocycles. The number of carbonyl (C=O) groups is 1. The maximum atomic E-state index is 13.8. The predicted molar refractivity (Wildman–Crippen MR) is 137 cm³/mol. The number of nitrogens with zero attached hydrogens (tertiary/aromatic N) is 4. The molecule has 186 valence electrons. The highest BCUT2D eigenvalue weighted by Crippen LogP contribution is 2.49. The number of nitrogens with one attached hydrogen (secondary N) is 1. The quantitative estimate of drug-likeness (QED) is 0.534. The van der Waals surface area contributed by atoms with Gasteiger partial charge in [-0.25, -0.2) is 9.97 Å². The van der Waals surface area contributed by atoms with Crippen LogP contribution >= 0.6 is 0 Å². The van der Waals surface area contributed by atoms with E-state index < -0.39 is 5.92 Å². The number of carbonyl (C=O) groups excluding carboxylic acids is 1. The van der Waals surface area contributed by atoms with E-state index in [1.54, 1.807) is 23.0 Å². The summed E-state index contributed by atoms with van der Waals surface area (Å²) in [6.07, 6.45) is 8.68. The van der Waals surface area contributed by atoms with E-state index in [9.17, 15) is 14.7 Å². The summed E-state index contributed by atoms with van der Waals surface area (Å²) in [7, 11) is 0. The molecule has 2 aliphatic rings. The van der Waals surface area contributed by atoms with Crippen LogP contribution in [0.3, 0.4) is 0 Å². The first-order valence-electron chi connectivity index (χ1n) is 12.4. The molecule has 2 bridgehead atoms. The highest BCUT2D eigenvalue weighted by atomic mass is 16.3. The summed E-state index contributed by atoms with van der Waals surface area (Å²) in [6.45, 7) is 4.63. The first-order valence-corrected chi connectivity index (χ1v) is 12.4. The molecule has 3 aromatic rings. The maximum absolute atomic E-state index is 13.8. The number of allylic oxidation sites excluding steroid dienone is 1. The van der Waals surface area contributed by atoms with E-state index in [-0.39, 0.29) is 42.1 Å². The highest BCUT2D eigenvalue weighted by Gasteiger charge is 2.55. The number of hydrogen-bond donors (Lipinski definition) is 2. The smallest absolute Gasteiger partial charge is 0.258 e. The molecule has 0 spiro atoms. The Balaban J connectivity index is 1.55. The second-order valence-corrected chi connectivity index (χ2v) is 9.57. The Bertz CT molecular complexity index is 1310. The SMILES string of the molecule is C/C=C\c1ccc2n(c1=O)C[C@H]1[C@H](CO)[C@@H](C(=O)N[C@H](C)c3ccccc3)[C@@H]2N1Cc1cncnc1. The van der Waals surface area contributed by atoms with Crippen LogP contribution in [0.4, 0.5) is 0 Å². The van der Waals surface area contributed by atoms with Crippen LogP contribution in [0.5, 0.6) is 0 Å². The maximum Gasteiger partial charge on any atom is 0.258 e. The van der Waals surface area contributed by atoms with Gasteiger partial charge in [-0.3, -0.25) is 14.5 Å². The number of hydrogen-bond acceptors (Lipinski definition) is 6. The molecule has 5 atom stereocenters. The summed E-state index contributed by atoms with van der Waals surface area (Å²) in [6, 6.07) is 12.9. The molecule has 0 radical (unpaired) electrons. The van der Waals surface area contributed by atoms with Gasteiger partial charge in [-0.1, -0.05) is 42.5 Å². The largest absolute Gasteiger partial charge is 0.396 e. The Morgan fingerprint density at radius 2 is 1.94 bits per heavy atom. The van der Waals surface area contributed by atoms with Crippen LogP contribution in [0, 0.1) is 11.8 Å². The molecule has 0 saturated carbocycles. The fraction of sp³-hybridized carbons (Fsp3) is 0.357. The lowest BCUT2D eigenvalue weighted by atomic mass is 9.86. The Hall–Kier alpha value is -3.62. The average molecular weight is 486 g/mol. The van der Waals surface area contributed by atoms with Gasteiger partial charge in [0.15, 0.2) is 0 Å². The van der Waals surface area contributed by atoms with Crippen molar-refractivity contribution in [3.63, 3.8) is 0 Å². The van der Waals surface area contributed by atoms with Crippen molar-refractivity contribution in [3.05, 3.63) is 100.0 Å². The topological polar surface area (TPSA) is 100 Å². The first-order chi connectivity index (χ1) is 17.5. The van der Waals surface area contributed by atoms with E-state index in [4.69, 9.17) is 0 Å². The van der Waals surface area contributed by atoms with Gasteiger partial charge in [-0.2, -0.15) is 0 Å². The molecule has 36 heavy (non-hydrogen) atoms. The second-order valence-electron chi connectivity index (χ2n) is 9.57. The van der Waals surface area contributed by atoms with Crippen molar-refractivity contribution in [2.45, 2.75) is 45.1 Å². The molecule has 8 nitrogen and oxygen atoms in total. The van der Waals surface area contributed by atoms with Crippen LogP contribution in [0.15, 0.2) is 72.1 Å². The third-order valence-electron chi connectivity index (χ3n) is 7.49. The van der Waals surface area contributed by atoms with Gasteiger partial charge < -0.3 is 15.0 Å². The van der Waals surface area contributed by atoms with E-state index in [1.807, 2.05) is 62.4 Å². The van der Waals surface area contributed by atoms with Crippen molar-refractivity contribution >= 4 is 12.0 Å². The predicted octanol–water partition coefficient (Wildman–Crippen LogP) is 2.71. The van der Waals surface area contributed by atoms with Crippen LogP contribution in [0.25, 0.3) is 6.08 Å². The van der Waals surface area contributed by atoms with Crippen molar-refractivity contribution in [2.24, 2.45) is 11.8 Å². The number of fused-ring (bicyclic) bond motifs is 4. The number of aliphatic hydroxyl groups excluding tert-OH is 1. The standard InChI is InChI=1S/C28H31N5O3/c1-3-7-21-10-11-23-26-25(27(35)31-18(2)20-8-5-4-6-9-20)22(16-34)24(15-33(23)28(21)36)32(26)14-19-12-29-17-30-13-19/h3-13,17-18,22,24-26,34H,14-16H2,1-2H3,(H,31,35)/b7-3-/t18-,22+,24+,25-,26-/m1/s1. The van der Waals surface area contributed by atoms with Crippen LogP contribution in [0.2, 0.25) is 0 Å². The number of aliphatic hydroxyl groups is 1. The zero-order valence-electron chi connectivity index (χ0n) is 20.5. The van der Waals surface area contributed by atoms with Crippen molar-refractivity contribution in [1.82, 2.24) is 24.8 Å². The van der Waals surface area contributed by atoms with Crippen molar-refractivity contribution in [3.8, 4) is 0 Å². The van der Waals surface area contributed by atoms with E-state index >= 15 is 0 Å². The second kappa shape index (κ2) is 10.2. The highest BCUT2D eigenvalue weighted by molar-refractivity contribution is 5.81. The molecule has 2 N–H and O–H groups in total. The third-order valence-corrected chi connectivity index (χ3v) is 7.49. The van der Waals surface area contributed by atoms with Gasteiger partial charge >= 0.3 is 0 Å². The minimum Gasteiger partial charge on any atom is -0.396 e. The van der Waals surface area contributed by atoms with Crippen molar-refractivity contribution in [1.29, 1.82) is 0 Å². The fourth-order valence-corrected chi connectivity index (χ4v) is 5.82. The van der Waals surface area contributed by atoms with Crippen LogP contribution in [-0.4, -0.2) is 43.1 Å². The zero-order valence-corrected chi connectivity index (χ0v) is 20.5. The molecule has 1 saturated heterocycles. The summed E-state index contributed by atoms with van der Waals surface area (Å²) in [5.41, 5.74) is 3.27. The van der Waals surface area contributed by atoms with E-state index in [0.717, 1.165) is 16.8 Å².